The first-order valence-corrected chi connectivity index (χ1v) is 16.6. The lowest BCUT2D eigenvalue weighted by molar-refractivity contribution is -0.148. The van der Waals surface area contributed by atoms with Crippen molar-refractivity contribution < 1.29 is 28.7 Å². The van der Waals surface area contributed by atoms with Crippen LogP contribution in [0.4, 0.5) is 0 Å². The average molecular weight is 625 g/mol. The van der Waals surface area contributed by atoms with Gasteiger partial charge >= 0.3 is 0 Å². The van der Waals surface area contributed by atoms with Crippen LogP contribution < -0.4 is 5.32 Å². The number of likely N-dealkylation sites (N-methyl/N-ethyl adjacent to an activating group) is 2. The van der Waals surface area contributed by atoms with Crippen molar-refractivity contribution in [2.75, 3.05) is 34.9 Å². The highest BCUT2D eigenvalue weighted by Crippen LogP contribution is 2.29. The van der Waals surface area contributed by atoms with Crippen LogP contribution in [0.25, 0.3) is 0 Å². The molecule has 8 atom stereocenters. The number of ether oxygens (including phenoxy) is 2. The van der Waals surface area contributed by atoms with Gasteiger partial charge in [-0.05, 0) is 58.4 Å². The van der Waals surface area contributed by atoms with Crippen LogP contribution in [0, 0.1) is 23.7 Å². The molecule has 0 aromatic carbocycles. The summed E-state index contributed by atoms with van der Waals surface area (Å²) in [4.78, 5) is 59.3. The fourth-order valence-corrected chi connectivity index (χ4v) is 6.64. The minimum absolute atomic E-state index is 0.0273. The van der Waals surface area contributed by atoms with Gasteiger partial charge in [-0.25, -0.2) is 0 Å². The van der Waals surface area contributed by atoms with Crippen molar-refractivity contribution >= 4 is 23.5 Å². The van der Waals surface area contributed by atoms with Crippen molar-refractivity contribution in [2.45, 2.75) is 137 Å². The second-order valence-corrected chi connectivity index (χ2v) is 13.9. The van der Waals surface area contributed by atoms with Crippen LogP contribution in [0.15, 0.2) is 0 Å². The number of nitrogens with zero attached hydrogens (tertiary/aromatic N) is 3. The summed E-state index contributed by atoms with van der Waals surface area (Å²) >= 11 is 0. The van der Waals surface area contributed by atoms with E-state index in [4.69, 9.17) is 9.47 Å². The van der Waals surface area contributed by atoms with Crippen LogP contribution in [0.3, 0.4) is 0 Å². The third kappa shape index (κ3) is 9.98. The smallest absolute Gasteiger partial charge is 0.245 e. The fourth-order valence-electron chi connectivity index (χ4n) is 6.64. The van der Waals surface area contributed by atoms with E-state index >= 15 is 0 Å². The lowest BCUT2D eigenvalue weighted by atomic mass is 9.89. The first kappa shape index (κ1) is 40.0. The van der Waals surface area contributed by atoms with E-state index in [2.05, 4.69) is 19.2 Å². The molecule has 1 rings (SSSR count). The molecule has 1 aliphatic rings. The van der Waals surface area contributed by atoms with Crippen molar-refractivity contribution in [2.24, 2.45) is 23.7 Å². The number of hydrogen-bond acceptors (Lipinski definition) is 7. The summed E-state index contributed by atoms with van der Waals surface area (Å²) in [5.41, 5.74) is 0. The van der Waals surface area contributed by atoms with Gasteiger partial charge in [0, 0.05) is 39.8 Å². The van der Waals surface area contributed by atoms with Crippen LogP contribution >= 0.6 is 0 Å². The van der Waals surface area contributed by atoms with Gasteiger partial charge in [-0.2, -0.15) is 0 Å². The number of carbonyl (C=O) groups is 4. The molecule has 44 heavy (non-hydrogen) atoms. The Hall–Kier alpha value is -2.04. The van der Waals surface area contributed by atoms with E-state index < -0.39 is 18.2 Å². The molecule has 7 unspecified atom stereocenters. The molecule has 0 saturated carbocycles. The van der Waals surface area contributed by atoms with E-state index in [-0.39, 0.29) is 77.8 Å². The lowest BCUT2D eigenvalue weighted by Crippen LogP contribution is -2.60. The third-order valence-electron chi connectivity index (χ3n) is 9.87. The number of Topliss-reactive ketones (excluding diaryl/α,β-unsaturated/α-hetero) is 1. The summed E-state index contributed by atoms with van der Waals surface area (Å²) in [5, 5.41) is 3.08. The first-order chi connectivity index (χ1) is 20.5. The SMILES string of the molecule is CCC(C)C(C(CC(=O)N1CCCC1C(OC)C(C)C(C)=O)OC)N(C)C(=O)[C@@H](NC(=O)C(C(C)C)N(C)C(C)C)C(C)C. The molecule has 0 bridgehead atoms. The highest BCUT2D eigenvalue weighted by atomic mass is 16.5. The van der Waals surface area contributed by atoms with Crippen molar-refractivity contribution in [3.05, 3.63) is 0 Å². The molecule has 0 radical (unpaired) electrons. The Balaban J connectivity index is 3.29. The van der Waals surface area contributed by atoms with E-state index in [1.165, 1.54) is 0 Å². The van der Waals surface area contributed by atoms with Crippen LogP contribution in [0.2, 0.25) is 0 Å². The van der Waals surface area contributed by atoms with E-state index in [0.29, 0.717) is 6.54 Å². The second-order valence-electron chi connectivity index (χ2n) is 13.9. The van der Waals surface area contributed by atoms with Crippen molar-refractivity contribution in [3.8, 4) is 0 Å². The Morgan fingerprint density at radius 1 is 0.932 bits per heavy atom. The van der Waals surface area contributed by atoms with Crippen LogP contribution in [0.1, 0.15) is 94.9 Å². The quantitative estimate of drug-likeness (QED) is 0.246. The molecule has 1 saturated heterocycles. The molecule has 0 aromatic rings. The largest absolute Gasteiger partial charge is 0.379 e. The summed E-state index contributed by atoms with van der Waals surface area (Å²) in [5.74, 6) is -0.788. The maximum atomic E-state index is 14.2. The van der Waals surface area contributed by atoms with E-state index in [1.807, 2.05) is 65.3 Å². The highest BCUT2D eigenvalue weighted by molar-refractivity contribution is 5.90. The van der Waals surface area contributed by atoms with Gasteiger partial charge in [-0.15, -0.1) is 0 Å². The molecule has 0 aliphatic carbocycles. The van der Waals surface area contributed by atoms with Gasteiger partial charge in [0.1, 0.15) is 11.8 Å². The maximum Gasteiger partial charge on any atom is 0.245 e. The van der Waals surface area contributed by atoms with Gasteiger partial charge in [-0.3, -0.25) is 24.1 Å². The predicted octanol–water partition coefficient (Wildman–Crippen LogP) is 4.00. The highest BCUT2D eigenvalue weighted by Gasteiger charge is 2.42. The molecule has 0 aromatic heterocycles. The molecule has 10 heteroatoms. The minimum atomic E-state index is -0.729. The fraction of sp³-hybridized carbons (Fsp3) is 0.882. The van der Waals surface area contributed by atoms with Crippen molar-refractivity contribution in [1.29, 1.82) is 0 Å². The number of ketones is 1. The lowest BCUT2D eigenvalue weighted by Gasteiger charge is -2.41. The Labute approximate surface area is 267 Å². The summed E-state index contributed by atoms with van der Waals surface area (Å²) in [6.07, 6.45) is 1.54. The molecule has 1 aliphatic heterocycles. The van der Waals surface area contributed by atoms with Gasteiger partial charge in [0.2, 0.25) is 17.7 Å². The summed E-state index contributed by atoms with van der Waals surface area (Å²) in [6.45, 7) is 20.1. The van der Waals surface area contributed by atoms with Gasteiger partial charge in [-0.1, -0.05) is 54.9 Å². The van der Waals surface area contributed by atoms with E-state index in [0.717, 1.165) is 19.3 Å². The number of hydrogen-bond donors (Lipinski definition) is 1. The maximum absolute atomic E-state index is 14.2. The van der Waals surface area contributed by atoms with Crippen LogP contribution in [-0.2, 0) is 28.7 Å². The zero-order valence-electron chi connectivity index (χ0n) is 30.2. The number of rotatable bonds is 18. The van der Waals surface area contributed by atoms with Crippen LogP contribution in [0.5, 0.6) is 0 Å². The zero-order valence-corrected chi connectivity index (χ0v) is 30.2. The number of methoxy groups -OCH3 is 2. The van der Waals surface area contributed by atoms with E-state index in [1.54, 1.807) is 33.1 Å². The van der Waals surface area contributed by atoms with Crippen molar-refractivity contribution in [1.82, 2.24) is 20.0 Å². The molecule has 1 fully saturated rings. The summed E-state index contributed by atoms with van der Waals surface area (Å²) in [7, 11) is 6.87. The van der Waals surface area contributed by atoms with Gasteiger partial charge in [0.25, 0.3) is 0 Å². The minimum Gasteiger partial charge on any atom is -0.379 e. The van der Waals surface area contributed by atoms with Crippen molar-refractivity contribution in [3.63, 3.8) is 0 Å². The second kappa shape index (κ2) is 18.2. The molecular formula is C34H64N4O6. The number of carbonyl (C=O) groups excluding carboxylic acids is 4. The molecular weight excluding hydrogens is 560 g/mol. The number of amides is 3. The normalized spacial score (nSPS) is 20.4. The van der Waals surface area contributed by atoms with Gasteiger partial charge < -0.3 is 24.6 Å². The average Bonchev–Trinajstić information content (AvgIpc) is 3.44. The van der Waals surface area contributed by atoms with Gasteiger partial charge in [0.15, 0.2) is 0 Å². The zero-order chi connectivity index (χ0) is 34.0. The Bertz CT molecular complexity index is 941. The number of nitrogens with one attached hydrogen (secondary N) is 1. The molecule has 3 amide bonds. The number of likely N-dealkylation sites (tertiary alicyclic amines) is 1. The topological polar surface area (TPSA) is 108 Å². The molecule has 256 valence electrons. The summed E-state index contributed by atoms with van der Waals surface area (Å²) < 4.78 is 11.7. The first-order valence-electron chi connectivity index (χ1n) is 16.6. The monoisotopic (exact) mass is 624 g/mol. The molecule has 1 heterocycles. The molecule has 1 N–H and O–H groups in total. The van der Waals surface area contributed by atoms with E-state index in [9.17, 15) is 19.2 Å². The third-order valence-corrected chi connectivity index (χ3v) is 9.87. The summed E-state index contributed by atoms with van der Waals surface area (Å²) in [6, 6.07) is -1.52. The Kier molecular flexibility index (Phi) is 16.5. The molecule has 10 nitrogen and oxygen atoms in total. The molecule has 0 spiro atoms. The predicted molar refractivity (Wildman–Crippen MR) is 175 cm³/mol. The Morgan fingerprint density at radius 3 is 1.95 bits per heavy atom. The standard InChI is InChI=1S/C34H64N4O6/c1-15-23(8)31(27(43-13)19-28(40)38-18-16-17-26(38)32(44-14)24(9)25(10)39)37(12)34(42)29(20(2)3)35-33(41)30(21(4)5)36(11)22(6)7/h20-24,26-27,29-32H,15-19H2,1-14H3,(H,35,41)/t23?,24?,26?,27?,29-,30?,31?,32?/m0/s1. The van der Waals surface area contributed by atoms with Crippen LogP contribution in [-0.4, -0.2) is 115 Å². The van der Waals surface area contributed by atoms with Gasteiger partial charge in [0.05, 0.1) is 36.8 Å². The Morgan fingerprint density at radius 2 is 1.52 bits per heavy atom.